The quantitative estimate of drug-likeness (QED) is 0.310. The number of unbranched alkanes of at least 4 members (excludes halogenated alkanes) is 1. The van der Waals surface area contributed by atoms with E-state index in [1.165, 1.54) is 0 Å². The summed E-state index contributed by atoms with van der Waals surface area (Å²) < 4.78 is 0. The second kappa shape index (κ2) is 8.25. The van der Waals surface area contributed by atoms with Gasteiger partial charge in [-0.2, -0.15) is 0 Å². The van der Waals surface area contributed by atoms with Crippen molar-refractivity contribution in [2.75, 3.05) is 13.1 Å². The van der Waals surface area contributed by atoms with E-state index in [0.717, 1.165) is 25.8 Å². The molecule has 0 rings (SSSR count). The highest BCUT2D eigenvalue weighted by Crippen LogP contribution is 2.36. The number of hydrogen-bond acceptors (Lipinski definition) is 1. The van der Waals surface area contributed by atoms with Gasteiger partial charge < -0.3 is 5.32 Å². The van der Waals surface area contributed by atoms with Crippen molar-refractivity contribution in [1.82, 2.24) is 5.32 Å². The van der Waals surface area contributed by atoms with Crippen LogP contribution in [0.5, 0.6) is 0 Å². The first-order valence-electron chi connectivity index (χ1n) is 7.83. The SMILES string of the molecule is CC(C)(C)CC(C(=O)NCCCC[NH+]=C(N)N)C(C)(C)C. The lowest BCUT2D eigenvalue weighted by molar-refractivity contribution is -0.459. The maximum absolute atomic E-state index is 12.4. The first-order valence-corrected chi connectivity index (χ1v) is 7.83. The first-order chi connectivity index (χ1) is 9.43. The number of amides is 1. The van der Waals surface area contributed by atoms with Crippen molar-refractivity contribution in [2.24, 2.45) is 28.2 Å². The molecule has 0 saturated heterocycles. The van der Waals surface area contributed by atoms with E-state index in [1.807, 2.05) is 0 Å². The fraction of sp³-hybridized carbons (Fsp3) is 0.875. The van der Waals surface area contributed by atoms with Gasteiger partial charge in [-0.1, -0.05) is 41.5 Å². The summed E-state index contributed by atoms with van der Waals surface area (Å²) in [4.78, 5) is 15.3. The van der Waals surface area contributed by atoms with E-state index in [1.54, 1.807) is 0 Å². The molecule has 1 atom stereocenters. The van der Waals surface area contributed by atoms with E-state index >= 15 is 0 Å². The predicted octanol–water partition coefficient (Wildman–Crippen LogP) is 0.335. The van der Waals surface area contributed by atoms with Crippen molar-refractivity contribution in [1.29, 1.82) is 0 Å². The summed E-state index contributed by atoms with van der Waals surface area (Å²) in [7, 11) is 0. The number of guanidine groups is 1. The van der Waals surface area contributed by atoms with Gasteiger partial charge in [-0.25, -0.2) is 0 Å². The smallest absolute Gasteiger partial charge is 0.338 e. The standard InChI is InChI=1S/C16H34N4O/c1-15(2,3)11-12(16(4,5)6)13(21)19-9-7-8-10-20-14(17)18/h12H,7-11H2,1-6H3,(H,19,21)(H4,17,18,20)/p+1. The molecular weight excluding hydrogens is 264 g/mol. The van der Waals surface area contributed by atoms with Crippen LogP contribution in [-0.2, 0) is 4.79 Å². The highest BCUT2D eigenvalue weighted by atomic mass is 16.1. The van der Waals surface area contributed by atoms with Crippen LogP contribution in [0.1, 0.15) is 60.8 Å². The molecule has 0 aromatic rings. The lowest BCUT2D eigenvalue weighted by Crippen LogP contribution is -2.78. The highest BCUT2D eigenvalue weighted by molar-refractivity contribution is 5.79. The third-order valence-electron chi connectivity index (χ3n) is 3.41. The number of nitrogens with two attached hydrogens (primary N) is 2. The van der Waals surface area contributed by atoms with Gasteiger partial charge >= 0.3 is 5.96 Å². The van der Waals surface area contributed by atoms with Gasteiger partial charge in [0.05, 0.1) is 6.54 Å². The molecule has 5 nitrogen and oxygen atoms in total. The Kier molecular flexibility index (Phi) is 7.75. The Morgan fingerprint density at radius 2 is 1.67 bits per heavy atom. The molecule has 0 heterocycles. The highest BCUT2D eigenvalue weighted by Gasteiger charge is 2.34. The normalized spacial score (nSPS) is 13.6. The molecule has 0 aromatic carbocycles. The third kappa shape index (κ3) is 10.2. The van der Waals surface area contributed by atoms with Gasteiger partial charge in [-0.05, 0) is 30.1 Å². The molecule has 21 heavy (non-hydrogen) atoms. The van der Waals surface area contributed by atoms with Gasteiger partial charge in [0, 0.05) is 12.5 Å². The Morgan fingerprint density at radius 3 is 2.10 bits per heavy atom. The van der Waals surface area contributed by atoms with E-state index < -0.39 is 0 Å². The number of hydrogen-bond donors (Lipinski definition) is 4. The lowest BCUT2D eigenvalue weighted by atomic mass is 9.71. The number of rotatable bonds is 7. The molecule has 6 N–H and O–H groups in total. The van der Waals surface area contributed by atoms with Crippen molar-refractivity contribution in [3.63, 3.8) is 0 Å². The summed E-state index contributed by atoms with van der Waals surface area (Å²) >= 11 is 0. The second-order valence-corrected chi connectivity index (χ2v) is 8.06. The van der Waals surface area contributed by atoms with Crippen molar-refractivity contribution >= 4 is 11.9 Å². The second-order valence-electron chi connectivity index (χ2n) is 8.06. The average Bonchev–Trinajstić information content (AvgIpc) is 2.27. The van der Waals surface area contributed by atoms with Gasteiger partial charge in [0.15, 0.2) is 0 Å². The number of nitrogens with one attached hydrogen (secondary N) is 2. The summed E-state index contributed by atoms with van der Waals surface area (Å²) in [6, 6.07) is 0. The molecule has 5 heteroatoms. The topological polar surface area (TPSA) is 95.1 Å². The van der Waals surface area contributed by atoms with Gasteiger partial charge in [0.2, 0.25) is 5.91 Å². The lowest BCUT2D eigenvalue weighted by Gasteiger charge is -2.34. The molecule has 1 amide bonds. The Morgan fingerprint density at radius 1 is 1.10 bits per heavy atom. The molecule has 0 aliphatic rings. The fourth-order valence-electron chi connectivity index (χ4n) is 2.22. The molecule has 0 aliphatic heterocycles. The van der Waals surface area contributed by atoms with E-state index in [2.05, 4.69) is 51.9 Å². The molecule has 0 saturated carbocycles. The minimum Gasteiger partial charge on any atom is -0.356 e. The number of carbonyl (C=O) groups is 1. The van der Waals surface area contributed by atoms with E-state index in [4.69, 9.17) is 11.5 Å². The molecule has 124 valence electrons. The maximum Gasteiger partial charge on any atom is 0.338 e. The summed E-state index contributed by atoms with van der Waals surface area (Å²) in [5.74, 6) is 0.441. The molecule has 0 spiro atoms. The number of carbonyl (C=O) groups excluding carboxylic acids is 1. The minimum atomic E-state index is -0.0259. The van der Waals surface area contributed by atoms with Crippen molar-refractivity contribution in [3.8, 4) is 0 Å². The van der Waals surface area contributed by atoms with Crippen LogP contribution >= 0.6 is 0 Å². The molecular formula is C16H35N4O+. The maximum atomic E-state index is 12.4. The molecule has 1 unspecified atom stereocenters. The Balaban J connectivity index is 4.28. The van der Waals surface area contributed by atoms with Crippen molar-refractivity contribution in [2.45, 2.75) is 60.8 Å². The largest absolute Gasteiger partial charge is 0.356 e. The minimum absolute atomic E-state index is 0.0259. The fourth-order valence-corrected chi connectivity index (χ4v) is 2.22. The Hall–Kier alpha value is -1.26. The van der Waals surface area contributed by atoms with Gasteiger partial charge in [0.25, 0.3) is 0 Å². The van der Waals surface area contributed by atoms with Crippen LogP contribution in [0, 0.1) is 16.7 Å². The summed E-state index contributed by atoms with van der Waals surface area (Å²) in [5.41, 5.74) is 10.8. The molecule has 0 aliphatic carbocycles. The van der Waals surface area contributed by atoms with Gasteiger partial charge in [0.1, 0.15) is 0 Å². The van der Waals surface area contributed by atoms with E-state index in [-0.39, 0.29) is 28.6 Å². The van der Waals surface area contributed by atoms with Crippen LogP contribution in [0.4, 0.5) is 0 Å². The van der Waals surface area contributed by atoms with Crippen LogP contribution in [0.25, 0.3) is 0 Å². The van der Waals surface area contributed by atoms with Crippen LogP contribution in [0.2, 0.25) is 0 Å². The molecule has 0 aromatic heterocycles. The van der Waals surface area contributed by atoms with Gasteiger partial charge in [-0.3, -0.25) is 21.3 Å². The molecule has 0 fully saturated rings. The zero-order valence-electron chi connectivity index (χ0n) is 14.7. The Bertz CT molecular complexity index is 346. The zero-order chi connectivity index (χ0) is 16.7. The van der Waals surface area contributed by atoms with Crippen LogP contribution < -0.4 is 21.8 Å². The van der Waals surface area contributed by atoms with E-state index in [0.29, 0.717) is 6.54 Å². The molecule has 0 bridgehead atoms. The van der Waals surface area contributed by atoms with Crippen molar-refractivity contribution < 1.29 is 9.79 Å². The van der Waals surface area contributed by atoms with Crippen LogP contribution in [0.3, 0.4) is 0 Å². The molecule has 0 radical (unpaired) electrons. The zero-order valence-corrected chi connectivity index (χ0v) is 14.7. The first kappa shape index (κ1) is 19.7. The summed E-state index contributed by atoms with van der Waals surface area (Å²) in [5, 5.41) is 3.06. The Labute approximate surface area is 129 Å². The van der Waals surface area contributed by atoms with Crippen LogP contribution in [0.15, 0.2) is 0 Å². The van der Waals surface area contributed by atoms with Crippen LogP contribution in [-0.4, -0.2) is 25.0 Å². The monoisotopic (exact) mass is 299 g/mol. The summed E-state index contributed by atoms with van der Waals surface area (Å²) in [6.07, 6.45) is 2.73. The predicted molar refractivity (Wildman–Crippen MR) is 88.5 cm³/mol. The third-order valence-corrected chi connectivity index (χ3v) is 3.41. The average molecular weight is 299 g/mol. The van der Waals surface area contributed by atoms with Crippen molar-refractivity contribution in [3.05, 3.63) is 0 Å². The summed E-state index contributed by atoms with van der Waals surface area (Å²) in [6.45, 7) is 14.4. The van der Waals surface area contributed by atoms with Gasteiger partial charge in [-0.15, -0.1) is 0 Å². The van der Waals surface area contributed by atoms with E-state index in [9.17, 15) is 4.79 Å².